The zero-order chi connectivity index (χ0) is 21.0. The number of aliphatic hydroxyl groups excluding tert-OH is 1. The average molecular weight is 523 g/mol. The first-order chi connectivity index (χ1) is 13.7. The van der Waals surface area contributed by atoms with Gasteiger partial charge in [0.25, 0.3) is 0 Å². The van der Waals surface area contributed by atoms with Gasteiger partial charge in [0.1, 0.15) is 18.5 Å². The molecule has 0 spiro atoms. The van der Waals surface area contributed by atoms with Crippen LogP contribution in [-0.2, 0) is 16.4 Å². The zero-order valence-corrected chi connectivity index (χ0v) is 19.5. The Hall–Kier alpha value is -0.830. The predicted octanol–water partition coefficient (Wildman–Crippen LogP) is 4.18. The van der Waals surface area contributed by atoms with Gasteiger partial charge in [-0.3, -0.25) is 4.90 Å². The Morgan fingerprint density at radius 3 is 2.69 bits per heavy atom. The first-order valence-electron chi connectivity index (χ1n) is 9.17. The molecule has 0 radical (unpaired) electrons. The van der Waals surface area contributed by atoms with Crippen molar-refractivity contribution in [1.29, 1.82) is 0 Å². The summed E-state index contributed by atoms with van der Waals surface area (Å²) in [5.41, 5.74) is 1.04. The smallest absolute Gasteiger partial charge is 0.151 e. The third-order valence-corrected chi connectivity index (χ3v) is 7.54. The molecule has 5 nitrogen and oxygen atoms in total. The maximum atomic E-state index is 12.0. The molecule has 0 saturated carbocycles. The van der Waals surface area contributed by atoms with E-state index in [0.29, 0.717) is 28.8 Å². The Bertz CT molecular complexity index is 957. The molecule has 0 bridgehead atoms. The van der Waals surface area contributed by atoms with Gasteiger partial charge in [-0.1, -0.05) is 51.3 Å². The van der Waals surface area contributed by atoms with Crippen LogP contribution in [0, 0.1) is 0 Å². The molecule has 1 N–H and O–H groups in total. The number of rotatable bonds is 8. The summed E-state index contributed by atoms with van der Waals surface area (Å²) < 4.78 is 30.5. The summed E-state index contributed by atoms with van der Waals surface area (Å²) >= 11 is 15.4. The number of ether oxygens (including phenoxy) is 1. The van der Waals surface area contributed by atoms with Gasteiger partial charge in [-0.15, -0.1) is 0 Å². The quantitative estimate of drug-likeness (QED) is 0.563. The minimum absolute atomic E-state index is 0.0375. The molecule has 9 heteroatoms. The van der Waals surface area contributed by atoms with Crippen LogP contribution in [-0.4, -0.2) is 55.2 Å². The Morgan fingerprint density at radius 2 is 2.03 bits per heavy atom. The first kappa shape index (κ1) is 22.8. The van der Waals surface area contributed by atoms with Crippen molar-refractivity contribution in [3.8, 4) is 5.75 Å². The van der Waals surface area contributed by atoms with Gasteiger partial charge in [0, 0.05) is 28.6 Å². The van der Waals surface area contributed by atoms with Gasteiger partial charge in [-0.25, -0.2) is 8.42 Å². The van der Waals surface area contributed by atoms with Gasteiger partial charge in [0.2, 0.25) is 0 Å². The van der Waals surface area contributed by atoms with E-state index in [1.807, 2.05) is 29.2 Å². The van der Waals surface area contributed by atoms with Crippen molar-refractivity contribution in [3.05, 3.63) is 62.5 Å². The standard InChI is InChI=1S/C20H22BrCl2NO4S/c21-15-3-1-2-14(8-15)10-24(17-6-7-29(26,27)13-17)11-18(25)12-28-20-5-4-16(22)9-19(20)23/h1-5,8-9,17-18,25H,6-7,10-13H2. The molecule has 29 heavy (non-hydrogen) atoms. The number of benzene rings is 2. The van der Waals surface area contributed by atoms with E-state index in [0.717, 1.165) is 10.0 Å². The topological polar surface area (TPSA) is 66.8 Å². The van der Waals surface area contributed by atoms with Gasteiger partial charge in [-0.05, 0) is 42.3 Å². The fourth-order valence-electron chi connectivity index (χ4n) is 3.38. The number of sulfone groups is 1. The Kier molecular flexibility index (Phi) is 7.87. The van der Waals surface area contributed by atoms with Crippen LogP contribution in [0.15, 0.2) is 46.9 Å². The van der Waals surface area contributed by atoms with E-state index in [2.05, 4.69) is 15.9 Å². The monoisotopic (exact) mass is 521 g/mol. The van der Waals surface area contributed by atoms with Gasteiger partial charge < -0.3 is 9.84 Å². The number of aliphatic hydroxyl groups is 1. The molecule has 2 aromatic rings. The molecule has 1 fully saturated rings. The van der Waals surface area contributed by atoms with Crippen LogP contribution in [0.5, 0.6) is 5.75 Å². The molecule has 1 heterocycles. The van der Waals surface area contributed by atoms with E-state index >= 15 is 0 Å². The third-order valence-electron chi connectivity index (χ3n) is 4.77. The second-order valence-corrected chi connectivity index (χ2v) is 11.1. The summed E-state index contributed by atoms with van der Waals surface area (Å²) in [5, 5.41) is 11.4. The van der Waals surface area contributed by atoms with E-state index in [1.54, 1.807) is 18.2 Å². The largest absolute Gasteiger partial charge is 0.489 e. The highest BCUT2D eigenvalue weighted by Gasteiger charge is 2.33. The van der Waals surface area contributed by atoms with E-state index in [-0.39, 0.29) is 30.7 Å². The molecule has 2 aromatic carbocycles. The van der Waals surface area contributed by atoms with Crippen LogP contribution < -0.4 is 4.74 Å². The summed E-state index contributed by atoms with van der Waals surface area (Å²) in [6.45, 7) is 0.867. The molecule has 2 atom stereocenters. The van der Waals surface area contributed by atoms with E-state index < -0.39 is 15.9 Å². The van der Waals surface area contributed by atoms with Crippen molar-refractivity contribution in [2.24, 2.45) is 0 Å². The van der Waals surface area contributed by atoms with Crippen molar-refractivity contribution >= 4 is 49.0 Å². The molecule has 1 saturated heterocycles. The summed E-state index contributed by atoms with van der Waals surface area (Å²) in [4.78, 5) is 2.02. The lowest BCUT2D eigenvalue weighted by atomic mass is 10.1. The third kappa shape index (κ3) is 6.84. The van der Waals surface area contributed by atoms with Crippen LogP contribution in [0.3, 0.4) is 0 Å². The van der Waals surface area contributed by atoms with Gasteiger partial charge in [-0.2, -0.15) is 0 Å². The second kappa shape index (κ2) is 9.98. The Morgan fingerprint density at radius 1 is 1.24 bits per heavy atom. The predicted molar refractivity (Wildman–Crippen MR) is 120 cm³/mol. The Labute approximate surface area is 189 Å². The SMILES string of the molecule is O=S1(=O)CCC(N(Cc2cccc(Br)c2)CC(O)COc2ccc(Cl)cc2Cl)C1. The van der Waals surface area contributed by atoms with Crippen LogP contribution in [0.4, 0.5) is 0 Å². The zero-order valence-electron chi connectivity index (χ0n) is 15.6. The minimum Gasteiger partial charge on any atom is -0.489 e. The maximum absolute atomic E-state index is 12.0. The van der Waals surface area contributed by atoms with Crippen molar-refractivity contribution in [1.82, 2.24) is 4.90 Å². The van der Waals surface area contributed by atoms with Crippen molar-refractivity contribution in [3.63, 3.8) is 0 Å². The van der Waals surface area contributed by atoms with Crippen LogP contribution >= 0.6 is 39.1 Å². The minimum atomic E-state index is -3.04. The lowest BCUT2D eigenvalue weighted by Gasteiger charge is -2.30. The molecule has 1 aliphatic heterocycles. The summed E-state index contributed by atoms with van der Waals surface area (Å²) in [6.07, 6.45) is -0.246. The van der Waals surface area contributed by atoms with Crippen LogP contribution in [0.25, 0.3) is 0 Å². The van der Waals surface area contributed by atoms with E-state index in [1.165, 1.54) is 0 Å². The highest BCUT2D eigenvalue weighted by molar-refractivity contribution is 9.10. The summed E-state index contributed by atoms with van der Waals surface area (Å²) in [5.74, 6) is 0.731. The molecule has 1 aliphatic rings. The molecule has 0 aromatic heterocycles. The summed E-state index contributed by atoms with van der Waals surface area (Å²) in [6, 6.07) is 12.6. The van der Waals surface area contributed by atoms with Crippen LogP contribution in [0.1, 0.15) is 12.0 Å². The summed E-state index contributed by atoms with van der Waals surface area (Å²) in [7, 11) is -3.04. The lowest BCUT2D eigenvalue weighted by Crippen LogP contribution is -2.42. The fraction of sp³-hybridized carbons (Fsp3) is 0.400. The second-order valence-electron chi connectivity index (χ2n) is 7.16. The van der Waals surface area contributed by atoms with E-state index in [9.17, 15) is 13.5 Å². The Balaban J connectivity index is 1.66. The molecular weight excluding hydrogens is 501 g/mol. The number of nitrogens with zero attached hydrogens (tertiary/aromatic N) is 1. The number of hydrogen-bond donors (Lipinski definition) is 1. The van der Waals surface area contributed by atoms with Crippen molar-refractivity contribution in [2.75, 3.05) is 24.7 Å². The molecular formula is C20H22BrCl2NO4S. The number of halogens is 3. The highest BCUT2D eigenvalue weighted by atomic mass is 79.9. The normalized spacial score (nSPS) is 19.4. The number of hydrogen-bond acceptors (Lipinski definition) is 5. The molecule has 158 valence electrons. The van der Waals surface area contributed by atoms with Gasteiger partial charge in [0.05, 0.1) is 16.5 Å². The maximum Gasteiger partial charge on any atom is 0.151 e. The van der Waals surface area contributed by atoms with Gasteiger partial charge >= 0.3 is 0 Å². The van der Waals surface area contributed by atoms with E-state index in [4.69, 9.17) is 27.9 Å². The molecule has 0 aliphatic carbocycles. The van der Waals surface area contributed by atoms with Gasteiger partial charge in [0.15, 0.2) is 9.84 Å². The highest BCUT2D eigenvalue weighted by Crippen LogP contribution is 2.28. The molecule has 0 amide bonds. The average Bonchev–Trinajstić information content (AvgIpc) is 3.00. The molecule has 2 unspecified atom stereocenters. The fourth-order valence-corrected chi connectivity index (χ4v) is 6.05. The van der Waals surface area contributed by atoms with Crippen molar-refractivity contribution in [2.45, 2.75) is 25.1 Å². The van der Waals surface area contributed by atoms with Crippen LogP contribution in [0.2, 0.25) is 10.0 Å². The molecule has 3 rings (SSSR count). The first-order valence-corrected chi connectivity index (χ1v) is 12.5. The van der Waals surface area contributed by atoms with Crippen molar-refractivity contribution < 1.29 is 18.3 Å². The lowest BCUT2D eigenvalue weighted by molar-refractivity contribution is 0.0525.